The minimum atomic E-state index is 0.920. The second kappa shape index (κ2) is 8.41. The fraction of sp³-hybridized carbons (Fsp3) is 0.0968. The SMILES string of the molecule is Cc1cc(-c2ccccc2)cc(C)c1-n1ccnc1-c1ccc2nc(C)n(-c3ccccc3)c2c1. The number of fused-ring (bicyclic) bond motifs is 1. The van der Waals surface area contributed by atoms with E-state index in [1.165, 1.54) is 27.9 Å². The molecule has 0 unspecified atom stereocenters. The maximum atomic E-state index is 4.79. The van der Waals surface area contributed by atoms with Crippen molar-refractivity contribution in [3.05, 3.63) is 120 Å². The van der Waals surface area contributed by atoms with Crippen LogP contribution in [0.3, 0.4) is 0 Å². The zero-order valence-electron chi connectivity index (χ0n) is 20.1. The Balaban J connectivity index is 1.48. The molecule has 0 bridgehead atoms. The summed E-state index contributed by atoms with van der Waals surface area (Å²) in [6, 6.07) is 31.8. The smallest absolute Gasteiger partial charge is 0.144 e. The normalized spacial score (nSPS) is 11.3. The zero-order chi connectivity index (χ0) is 23.9. The average Bonchev–Trinajstić information content (AvgIpc) is 3.48. The van der Waals surface area contributed by atoms with E-state index in [0.29, 0.717) is 0 Å². The first-order valence-electron chi connectivity index (χ1n) is 11.9. The molecular weight excluding hydrogens is 428 g/mol. The van der Waals surface area contributed by atoms with Crippen molar-refractivity contribution in [2.24, 2.45) is 0 Å². The fourth-order valence-electron chi connectivity index (χ4n) is 5.07. The second-order valence-corrected chi connectivity index (χ2v) is 8.98. The molecule has 4 nitrogen and oxygen atoms in total. The van der Waals surface area contributed by atoms with Crippen molar-refractivity contribution in [2.75, 3.05) is 0 Å². The molecule has 4 aromatic carbocycles. The van der Waals surface area contributed by atoms with E-state index >= 15 is 0 Å². The van der Waals surface area contributed by atoms with Crippen LogP contribution in [0.1, 0.15) is 17.0 Å². The minimum absolute atomic E-state index is 0.920. The van der Waals surface area contributed by atoms with Crippen LogP contribution in [0.2, 0.25) is 0 Å². The first-order chi connectivity index (χ1) is 17.1. The Morgan fingerprint density at radius 2 is 1.34 bits per heavy atom. The van der Waals surface area contributed by atoms with Crippen LogP contribution in [0.15, 0.2) is 103 Å². The number of benzene rings is 4. The Bertz CT molecular complexity index is 1630. The van der Waals surface area contributed by atoms with Crippen LogP contribution in [-0.2, 0) is 0 Å². The van der Waals surface area contributed by atoms with Gasteiger partial charge in [-0.1, -0.05) is 48.5 Å². The Morgan fingerprint density at radius 1 is 0.657 bits per heavy atom. The molecule has 0 N–H and O–H groups in total. The van der Waals surface area contributed by atoms with Gasteiger partial charge in [-0.25, -0.2) is 9.97 Å². The second-order valence-electron chi connectivity index (χ2n) is 8.98. The molecule has 0 amide bonds. The molecule has 0 aliphatic rings. The monoisotopic (exact) mass is 454 g/mol. The lowest BCUT2D eigenvalue weighted by Crippen LogP contribution is -2.02. The Hall–Kier alpha value is -4.44. The number of aromatic nitrogens is 4. The standard InChI is InChI=1S/C31H26N4/c1-21-18-26(24-10-6-4-7-11-24)19-22(2)30(21)34-17-16-32-31(34)25-14-15-28-29(20-25)35(23(3)33-28)27-12-8-5-9-13-27/h4-20H,1-3H3. The lowest BCUT2D eigenvalue weighted by molar-refractivity contribution is 1.00. The molecule has 4 heteroatoms. The number of para-hydroxylation sites is 1. The molecule has 0 fully saturated rings. The minimum Gasteiger partial charge on any atom is -0.299 e. The molecule has 170 valence electrons. The van der Waals surface area contributed by atoms with Gasteiger partial charge < -0.3 is 0 Å². The summed E-state index contributed by atoms with van der Waals surface area (Å²) in [5.74, 6) is 1.89. The van der Waals surface area contributed by atoms with E-state index in [2.05, 4.69) is 121 Å². The predicted octanol–water partition coefficient (Wildman–Crippen LogP) is 7.47. The van der Waals surface area contributed by atoms with Crippen LogP contribution in [-0.4, -0.2) is 19.1 Å². The molecule has 2 heterocycles. The van der Waals surface area contributed by atoms with E-state index in [1.807, 2.05) is 12.3 Å². The van der Waals surface area contributed by atoms with E-state index in [-0.39, 0.29) is 0 Å². The van der Waals surface area contributed by atoms with Crippen LogP contribution >= 0.6 is 0 Å². The molecule has 0 aliphatic carbocycles. The summed E-state index contributed by atoms with van der Waals surface area (Å²) >= 11 is 0. The van der Waals surface area contributed by atoms with E-state index in [4.69, 9.17) is 9.97 Å². The number of hydrogen-bond acceptors (Lipinski definition) is 2. The van der Waals surface area contributed by atoms with Gasteiger partial charge in [-0.3, -0.25) is 9.13 Å². The summed E-state index contributed by atoms with van der Waals surface area (Å²) in [6.45, 7) is 6.40. The number of aryl methyl sites for hydroxylation is 3. The fourth-order valence-corrected chi connectivity index (χ4v) is 5.07. The molecule has 0 spiro atoms. The molecular formula is C31H26N4. The molecule has 35 heavy (non-hydrogen) atoms. The first kappa shape index (κ1) is 21.1. The van der Waals surface area contributed by atoms with Gasteiger partial charge in [0, 0.05) is 23.6 Å². The van der Waals surface area contributed by atoms with Gasteiger partial charge in [0.1, 0.15) is 11.6 Å². The highest BCUT2D eigenvalue weighted by Gasteiger charge is 2.16. The van der Waals surface area contributed by atoms with Gasteiger partial charge in [-0.05, 0) is 85.5 Å². The summed E-state index contributed by atoms with van der Waals surface area (Å²) in [5.41, 5.74) is 10.3. The van der Waals surface area contributed by atoms with E-state index in [9.17, 15) is 0 Å². The van der Waals surface area contributed by atoms with Crippen LogP contribution in [0, 0.1) is 20.8 Å². The molecule has 0 atom stereocenters. The van der Waals surface area contributed by atoms with Gasteiger partial charge in [-0.15, -0.1) is 0 Å². The van der Waals surface area contributed by atoms with Gasteiger partial charge in [0.2, 0.25) is 0 Å². The summed E-state index contributed by atoms with van der Waals surface area (Å²) < 4.78 is 4.41. The van der Waals surface area contributed by atoms with Gasteiger partial charge >= 0.3 is 0 Å². The lowest BCUT2D eigenvalue weighted by atomic mass is 9.98. The highest BCUT2D eigenvalue weighted by atomic mass is 15.1. The van der Waals surface area contributed by atoms with Crippen molar-refractivity contribution < 1.29 is 0 Å². The van der Waals surface area contributed by atoms with Gasteiger partial charge in [0.05, 0.1) is 16.7 Å². The van der Waals surface area contributed by atoms with E-state index in [0.717, 1.165) is 33.9 Å². The molecule has 0 aliphatic heterocycles. The number of nitrogens with zero attached hydrogens (tertiary/aromatic N) is 4. The predicted molar refractivity (Wildman–Crippen MR) is 143 cm³/mol. The number of hydrogen-bond donors (Lipinski definition) is 0. The van der Waals surface area contributed by atoms with Crippen molar-refractivity contribution in [2.45, 2.75) is 20.8 Å². The van der Waals surface area contributed by atoms with Gasteiger partial charge in [0.15, 0.2) is 0 Å². The zero-order valence-corrected chi connectivity index (χ0v) is 20.1. The molecule has 0 saturated heterocycles. The van der Waals surface area contributed by atoms with Crippen molar-refractivity contribution in [1.82, 2.24) is 19.1 Å². The van der Waals surface area contributed by atoms with Crippen molar-refractivity contribution in [3.63, 3.8) is 0 Å². The largest absolute Gasteiger partial charge is 0.299 e. The topological polar surface area (TPSA) is 35.6 Å². The first-order valence-corrected chi connectivity index (χ1v) is 11.9. The van der Waals surface area contributed by atoms with Crippen LogP contribution in [0.5, 0.6) is 0 Å². The molecule has 2 aromatic heterocycles. The average molecular weight is 455 g/mol. The van der Waals surface area contributed by atoms with Crippen molar-refractivity contribution in [3.8, 4) is 33.9 Å². The van der Waals surface area contributed by atoms with Gasteiger partial charge in [-0.2, -0.15) is 0 Å². The molecule has 0 saturated carbocycles. The lowest BCUT2D eigenvalue weighted by Gasteiger charge is -2.16. The van der Waals surface area contributed by atoms with Crippen molar-refractivity contribution in [1.29, 1.82) is 0 Å². The maximum Gasteiger partial charge on any atom is 0.144 e. The quantitative estimate of drug-likeness (QED) is 0.277. The van der Waals surface area contributed by atoms with Crippen LogP contribution < -0.4 is 0 Å². The van der Waals surface area contributed by atoms with Crippen LogP contribution in [0.25, 0.3) is 44.9 Å². The molecule has 6 rings (SSSR count). The van der Waals surface area contributed by atoms with E-state index in [1.54, 1.807) is 0 Å². The Kier molecular flexibility index (Phi) is 5.07. The van der Waals surface area contributed by atoms with Crippen LogP contribution in [0.4, 0.5) is 0 Å². The van der Waals surface area contributed by atoms with Crippen molar-refractivity contribution >= 4 is 11.0 Å². The molecule has 6 aromatic rings. The summed E-state index contributed by atoms with van der Waals surface area (Å²) in [5, 5.41) is 0. The third kappa shape index (κ3) is 3.64. The highest BCUT2D eigenvalue weighted by molar-refractivity contribution is 5.83. The Labute approximate surface area is 205 Å². The summed E-state index contributed by atoms with van der Waals surface area (Å²) in [4.78, 5) is 9.57. The Morgan fingerprint density at radius 3 is 2.06 bits per heavy atom. The van der Waals surface area contributed by atoms with Gasteiger partial charge in [0.25, 0.3) is 0 Å². The summed E-state index contributed by atoms with van der Waals surface area (Å²) in [7, 11) is 0. The summed E-state index contributed by atoms with van der Waals surface area (Å²) in [6.07, 6.45) is 3.93. The highest BCUT2D eigenvalue weighted by Crippen LogP contribution is 2.32. The molecule has 0 radical (unpaired) electrons. The number of rotatable bonds is 4. The maximum absolute atomic E-state index is 4.79. The number of imidazole rings is 2. The third-order valence-electron chi connectivity index (χ3n) is 6.57. The van der Waals surface area contributed by atoms with E-state index < -0.39 is 0 Å². The third-order valence-corrected chi connectivity index (χ3v) is 6.57.